The maximum absolute atomic E-state index is 5.85. The highest BCUT2D eigenvalue weighted by molar-refractivity contribution is 6.71. The van der Waals surface area contributed by atoms with Crippen LogP contribution in [-0.2, 0) is 4.43 Å². The van der Waals surface area contributed by atoms with E-state index >= 15 is 0 Å². The molecule has 0 radical (unpaired) electrons. The smallest absolute Gasteiger partial charge is 0.186 e. The fourth-order valence-corrected chi connectivity index (χ4v) is 4.60. The second-order valence-corrected chi connectivity index (χ2v) is 10.6. The quantitative estimate of drug-likeness (QED) is 0.357. The van der Waals surface area contributed by atoms with Crippen molar-refractivity contribution in [2.45, 2.75) is 90.3 Å². The lowest BCUT2D eigenvalue weighted by molar-refractivity contribution is 0.327. The predicted octanol–water partition coefficient (Wildman–Crippen LogP) is 5.09. The molecule has 0 aliphatic heterocycles. The molecule has 0 aromatic heterocycles. The molecule has 0 aromatic rings. The van der Waals surface area contributed by atoms with Crippen LogP contribution in [0.5, 0.6) is 0 Å². The van der Waals surface area contributed by atoms with Crippen molar-refractivity contribution in [2.75, 3.05) is 13.2 Å². The number of unbranched alkanes of at least 4 members (excludes halogenated alkanes) is 9. The van der Waals surface area contributed by atoms with Gasteiger partial charge in [-0.25, -0.2) is 0 Å². The standard InChI is InChI=1S/C16H37NOSi/c1-4-18-19(2,3)16-14-12-10-8-6-5-7-9-11-13-15-17/h4-17H2,1-3H3. The fraction of sp³-hybridized carbons (Fsp3) is 1.00. The van der Waals surface area contributed by atoms with Gasteiger partial charge in [0.15, 0.2) is 8.32 Å². The van der Waals surface area contributed by atoms with Gasteiger partial charge in [0.1, 0.15) is 0 Å². The van der Waals surface area contributed by atoms with Crippen LogP contribution >= 0.6 is 0 Å². The third kappa shape index (κ3) is 14.4. The highest BCUT2D eigenvalue weighted by Crippen LogP contribution is 2.17. The summed E-state index contributed by atoms with van der Waals surface area (Å²) in [5.41, 5.74) is 5.48. The fourth-order valence-electron chi connectivity index (χ4n) is 2.57. The van der Waals surface area contributed by atoms with E-state index in [4.69, 9.17) is 10.2 Å². The van der Waals surface area contributed by atoms with Gasteiger partial charge in [0.2, 0.25) is 0 Å². The van der Waals surface area contributed by atoms with Crippen LogP contribution in [0.1, 0.15) is 71.1 Å². The van der Waals surface area contributed by atoms with Crippen LogP contribution in [0.4, 0.5) is 0 Å². The summed E-state index contributed by atoms with van der Waals surface area (Å²) >= 11 is 0. The van der Waals surface area contributed by atoms with Crippen molar-refractivity contribution in [3.8, 4) is 0 Å². The molecule has 116 valence electrons. The first-order valence-corrected chi connectivity index (χ1v) is 11.6. The van der Waals surface area contributed by atoms with Gasteiger partial charge in [0, 0.05) is 6.61 Å². The van der Waals surface area contributed by atoms with Gasteiger partial charge < -0.3 is 10.2 Å². The van der Waals surface area contributed by atoms with Crippen LogP contribution in [-0.4, -0.2) is 21.5 Å². The molecular weight excluding hydrogens is 250 g/mol. The molecule has 2 N–H and O–H groups in total. The molecule has 19 heavy (non-hydrogen) atoms. The third-order valence-electron chi connectivity index (χ3n) is 3.77. The van der Waals surface area contributed by atoms with Gasteiger partial charge in [-0.2, -0.15) is 0 Å². The minimum Gasteiger partial charge on any atom is -0.418 e. The summed E-state index contributed by atoms with van der Waals surface area (Å²) in [5, 5.41) is 0. The zero-order valence-corrected chi connectivity index (χ0v) is 14.7. The van der Waals surface area contributed by atoms with Crippen molar-refractivity contribution < 1.29 is 4.43 Å². The molecule has 0 amide bonds. The average Bonchev–Trinajstić information content (AvgIpc) is 2.36. The molecule has 0 rings (SSSR count). The van der Waals surface area contributed by atoms with Gasteiger partial charge in [-0.3, -0.25) is 0 Å². The lowest BCUT2D eigenvalue weighted by Crippen LogP contribution is -2.29. The van der Waals surface area contributed by atoms with Crippen molar-refractivity contribution >= 4 is 8.32 Å². The van der Waals surface area contributed by atoms with Crippen LogP contribution in [0.3, 0.4) is 0 Å². The maximum atomic E-state index is 5.85. The Balaban J connectivity index is 3.14. The Kier molecular flexibility index (Phi) is 13.2. The predicted molar refractivity (Wildman–Crippen MR) is 89.1 cm³/mol. The zero-order valence-electron chi connectivity index (χ0n) is 13.7. The summed E-state index contributed by atoms with van der Waals surface area (Å²) in [4.78, 5) is 0. The number of hydrogen-bond donors (Lipinski definition) is 1. The molecule has 0 heterocycles. The molecule has 0 bridgehead atoms. The minimum absolute atomic E-state index is 0.863. The van der Waals surface area contributed by atoms with E-state index in [2.05, 4.69) is 20.0 Å². The van der Waals surface area contributed by atoms with E-state index in [0.29, 0.717) is 0 Å². The van der Waals surface area contributed by atoms with Crippen molar-refractivity contribution in [2.24, 2.45) is 5.73 Å². The van der Waals surface area contributed by atoms with Crippen LogP contribution in [0.25, 0.3) is 0 Å². The highest BCUT2D eigenvalue weighted by atomic mass is 28.4. The third-order valence-corrected chi connectivity index (χ3v) is 6.40. The Bertz CT molecular complexity index is 186. The molecule has 0 aliphatic carbocycles. The molecule has 0 fully saturated rings. The van der Waals surface area contributed by atoms with E-state index in [0.717, 1.165) is 13.2 Å². The lowest BCUT2D eigenvalue weighted by Gasteiger charge is -2.21. The van der Waals surface area contributed by atoms with Crippen LogP contribution in [0.15, 0.2) is 0 Å². The molecule has 0 aliphatic rings. The van der Waals surface area contributed by atoms with E-state index < -0.39 is 8.32 Å². The Hall–Kier alpha value is 0.137. The van der Waals surface area contributed by atoms with E-state index in [-0.39, 0.29) is 0 Å². The largest absolute Gasteiger partial charge is 0.418 e. The Morgan fingerprint density at radius 1 is 0.737 bits per heavy atom. The second-order valence-electron chi connectivity index (χ2n) is 6.27. The van der Waals surface area contributed by atoms with Gasteiger partial charge in [-0.05, 0) is 39.0 Å². The Morgan fingerprint density at radius 3 is 1.58 bits per heavy atom. The summed E-state index contributed by atoms with van der Waals surface area (Å²) in [6.45, 7) is 8.56. The summed E-state index contributed by atoms with van der Waals surface area (Å²) < 4.78 is 5.85. The lowest BCUT2D eigenvalue weighted by atomic mass is 10.1. The van der Waals surface area contributed by atoms with E-state index in [1.54, 1.807) is 0 Å². The molecule has 0 aromatic carbocycles. The zero-order chi connectivity index (χ0) is 14.4. The Morgan fingerprint density at radius 2 is 1.16 bits per heavy atom. The van der Waals surface area contributed by atoms with Crippen LogP contribution < -0.4 is 5.73 Å². The number of hydrogen-bond acceptors (Lipinski definition) is 2. The normalized spacial score (nSPS) is 12.0. The molecule has 0 unspecified atom stereocenters. The summed E-state index contributed by atoms with van der Waals surface area (Å²) in [6, 6.07) is 1.33. The van der Waals surface area contributed by atoms with Gasteiger partial charge >= 0.3 is 0 Å². The topological polar surface area (TPSA) is 35.2 Å². The molecule has 2 nitrogen and oxygen atoms in total. The number of nitrogens with two attached hydrogens (primary N) is 1. The molecule has 0 saturated heterocycles. The maximum Gasteiger partial charge on any atom is 0.186 e. The van der Waals surface area contributed by atoms with Crippen molar-refractivity contribution in [1.29, 1.82) is 0 Å². The van der Waals surface area contributed by atoms with E-state index in [1.807, 2.05) is 0 Å². The molecule has 0 saturated carbocycles. The van der Waals surface area contributed by atoms with Gasteiger partial charge in [-0.1, -0.05) is 57.8 Å². The van der Waals surface area contributed by atoms with E-state index in [1.165, 1.54) is 70.3 Å². The molecular formula is C16H37NOSi. The van der Waals surface area contributed by atoms with Gasteiger partial charge in [0.25, 0.3) is 0 Å². The Labute approximate surface area is 122 Å². The molecule has 0 atom stereocenters. The number of rotatable bonds is 14. The summed E-state index contributed by atoms with van der Waals surface area (Å²) in [7, 11) is -1.31. The van der Waals surface area contributed by atoms with Crippen molar-refractivity contribution in [3.05, 3.63) is 0 Å². The minimum atomic E-state index is -1.31. The molecule has 0 spiro atoms. The average molecular weight is 288 g/mol. The van der Waals surface area contributed by atoms with Crippen LogP contribution in [0, 0.1) is 0 Å². The van der Waals surface area contributed by atoms with Gasteiger partial charge in [-0.15, -0.1) is 0 Å². The first-order valence-electron chi connectivity index (χ1n) is 8.46. The molecule has 3 heteroatoms. The monoisotopic (exact) mass is 287 g/mol. The van der Waals surface area contributed by atoms with Gasteiger partial charge in [0.05, 0.1) is 0 Å². The van der Waals surface area contributed by atoms with Crippen molar-refractivity contribution in [3.63, 3.8) is 0 Å². The first kappa shape index (κ1) is 19.1. The van der Waals surface area contributed by atoms with Crippen molar-refractivity contribution in [1.82, 2.24) is 0 Å². The summed E-state index contributed by atoms with van der Waals surface area (Å²) in [6.07, 6.45) is 13.8. The first-order chi connectivity index (χ1) is 9.12. The van der Waals surface area contributed by atoms with Crippen LogP contribution in [0.2, 0.25) is 19.1 Å². The van der Waals surface area contributed by atoms with E-state index in [9.17, 15) is 0 Å². The highest BCUT2D eigenvalue weighted by Gasteiger charge is 2.20. The SMILES string of the molecule is CCO[Si](C)(C)CCCCCCCCCCCCN. The summed E-state index contributed by atoms with van der Waals surface area (Å²) in [5.74, 6) is 0. The second kappa shape index (κ2) is 13.1.